The number of hydrogen-bond acceptors (Lipinski definition) is 5. The molecule has 2 saturated heterocycles. The van der Waals surface area contributed by atoms with Crippen LogP contribution in [0.25, 0.3) is 33.5 Å². The highest BCUT2D eigenvalue weighted by Crippen LogP contribution is 2.31. The van der Waals surface area contributed by atoms with Crippen LogP contribution >= 0.6 is 0 Å². The second kappa shape index (κ2) is 10.5. The third kappa shape index (κ3) is 5.40. The lowest BCUT2D eigenvalue weighted by molar-refractivity contribution is 0.122. The number of fused-ring (bicyclic) bond motifs is 1. The van der Waals surface area contributed by atoms with E-state index in [0.29, 0.717) is 4.90 Å². The Labute approximate surface area is 232 Å². The van der Waals surface area contributed by atoms with Crippen LogP contribution < -0.4 is 0 Å². The zero-order valence-electron chi connectivity index (χ0n) is 23.2. The van der Waals surface area contributed by atoms with Crippen molar-refractivity contribution >= 4 is 20.9 Å². The van der Waals surface area contributed by atoms with E-state index in [1.54, 1.807) is 12.1 Å². The summed E-state index contributed by atoms with van der Waals surface area (Å²) in [5.74, 6) is 0.828. The van der Waals surface area contributed by atoms with E-state index in [4.69, 9.17) is 4.98 Å². The fourth-order valence-electron chi connectivity index (χ4n) is 6.34. The van der Waals surface area contributed by atoms with Gasteiger partial charge in [-0.25, -0.2) is 13.4 Å². The van der Waals surface area contributed by atoms with E-state index >= 15 is 0 Å². The number of aryl methyl sites for hydroxylation is 2. The molecular formula is C32H38N4O2S. The van der Waals surface area contributed by atoms with Gasteiger partial charge in [0.1, 0.15) is 5.82 Å². The lowest BCUT2D eigenvalue weighted by atomic mass is 10.00. The van der Waals surface area contributed by atoms with Crippen LogP contribution in [0, 0.1) is 6.92 Å². The molecule has 6 rings (SSSR count). The summed E-state index contributed by atoms with van der Waals surface area (Å²) in [5, 5.41) is 0. The summed E-state index contributed by atoms with van der Waals surface area (Å²) in [6, 6.07) is 21.2. The Hall–Kier alpha value is -3.00. The number of likely N-dealkylation sites (tertiary alicyclic amines) is 2. The first-order valence-corrected chi connectivity index (χ1v) is 16.0. The SMILES string of the molecule is Cc1cc(-c2ccc(CN3CCC(N4CCCC4)CC3)cc2)cc2c1nc(-c1ccc(S(C)(=O)=O)cc1)n2C. The highest BCUT2D eigenvalue weighted by molar-refractivity contribution is 7.90. The standard InChI is InChI=1S/C32H38N4O2S/c1-23-20-27(21-30-31(23)33-32(34(30)2)26-10-12-29(13-11-26)39(3,37)38)25-8-6-24(7-9-25)22-35-18-14-28(15-19-35)36-16-4-5-17-36/h6-13,20-21,28H,4-5,14-19,22H2,1-3H3. The van der Waals surface area contributed by atoms with E-state index in [9.17, 15) is 8.42 Å². The number of sulfone groups is 1. The van der Waals surface area contributed by atoms with Gasteiger partial charge in [-0.1, -0.05) is 24.3 Å². The van der Waals surface area contributed by atoms with E-state index in [1.165, 1.54) is 74.8 Å². The predicted octanol–water partition coefficient (Wildman–Crippen LogP) is 5.68. The second-order valence-corrected chi connectivity index (χ2v) is 13.4. The maximum atomic E-state index is 11.9. The lowest BCUT2D eigenvalue weighted by Gasteiger charge is -2.36. The lowest BCUT2D eigenvalue weighted by Crippen LogP contribution is -2.43. The van der Waals surface area contributed by atoms with Gasteiger partial charge in [0.2, 0.25) is 0 Å². The first-order chi connectivity index (χ1) is 18.8. The molecule has 2 aliphatic rings. The van der Waals surface area contributed by atoms with Crippen LogP contribution in [-0.2, 0) is 23.4 Å². The molecule has 204 valence electrons. The van der Waals surface area contributed by atoms with E-state index in [0.717, 1.165) is 40.6 Å². The number of piperidine rings is 1. The highest BCUT2D eigenvalue weighted by Gasteiger charge is 2.26. The molecule has 0 unspecified atom stereocenters. The molecule has 0 atom stereocenters. The molecule has 0 radical (unpaired) electrons. The van der Waals surface area contributed by atoms with Gasteiger partial charge in [0.15, 0.2) is 9.84 Å². The molecule has 0 aliphatic carbocycles. The number of nitrogens with zero attached hydrogens (tertiary/aromatic N) is 4. The number of aromatic nitrogens is 2. The van der Waals surface area contributed by atoms with E-state index < -0.39 is 9.84 Å². The normalized spacial score (nSPS) is 17.8. The van der Waals surface area contributed by atoms with Crippen LogP contribution in [0.1, 0.15) is 36.8 Å². The molecule has 2 fully saturated rings. The molecular weight excluding hydrogens is 504 g/mol. The quantitative estimate of drug-likeness (QED) is 0.314. The smallest absolute Gasteiger partial charge is 0.175 e. The van der Waals surface area contributed by atoms with Gasteiger partial charge in [-0.3, -0.25) is 4.90 Å². The van der Waals surface area contributed by atoms with Gasteiger partial charge in [-0.15, -0.1) is 0 Å². The summed E-state index contributed by atoms with van der Waals surface area (Å²) >= 11 is 0. The van der Waals surface area contributed by atoms with Gasteiger partial charge in [0.25, 0.3) is 0 Å². The van der Waals surface area contributed by atoms with Crippen molar-refractivity contribution in [1.82, 2.24) is 19.4 Å². The first kappa shape index (κ1) is 26.2. The van der Waals surface area contributed by atoms with Crippen molar-refractivity contribution in [3.05, 3.63) is 71.8 Å². The van der Waals surface area contributed by atoms with Crippen LogP contribution in [0.3, 0.4) is 0 Å². The molecule has 3 aromatic carbocycles. The van der Waals surface area contributed by atoms with Gasteiger partial charge in [0.05, 0.1) is 15.9 Å². The van der Waals surface area contributed by atoms with Crippen molar-refractivity contribution in [2.75, 3.05) is 32.4 Å². The van der Waals surface area contributed by atoms with Gasteiger partial charge in [0, 0.05) is 31.5 Å². The average molecular weight is 543 g/mol. The van der Waals surface area contributed by atoms with E-state index in [1.807, 2.05) is 19.2 Å². The Morgan fingerprint density at radius 1 is 0.846 bits per heavy atom. The van der Waals surface area contributed by atoms with Crippen LogP contribution in [0.5, 0.6) is 0 Å². The van der Waals surface area contributed by atoms with Crippen LogP contribution in [-0.4, -0.2) is 66.2 Å². The Balaban J connectivity index is 1.18. The number of rotatable bonds is 6. The molecule has 3 heterocycles. The fraction of sp³-hybridized carbons (Fsp3) is 0.406. The Bertz CT molecular complexity index is 1580. The van der Waals surface area contributed by atoms with Gasteiger partial charge in [-0.2, -0.15) is 0 Å². The molecule has 2 aliphatic heterocycles. The van der Waals surface area contributed by atoms with Crippen molar-refractivity contribution in [2.24, 2.45) is 7.05 Å². The fourth-order valence-corrected chi connectivity index (χ4v) is 6.97. The Kier molecular flexibility index (Phi) is 7.08. The Morgan fingerprint density at radius 2 is 1.49 bits per heavy atom. The van der Waals surface area contributed by atoms with Gasteiger partial charge < -0.3 is 9.47 Å². The van der Waals surface area contributed by atoms with Gasteiger partial charge >= 0.3 is 0 Å². The highest BCUT2D eigenvalue weighted by atomic mass is 32.2. The van der Waals surface area contributed by atoms with E-state index in [2.05, 4.69) is 57.7 Å². The minimum Gasteiger partial charge on any atom is -0.327 e. The zero-order valence-corrected chi connectivity index (χ0v) is 24.0. The summed E-state index contributed by atoms with van der Waals surface area (Å²) in [6.07, 6.45) is 6.58. The summed E-state index contributed by atoms with van der Waals surface area (Å²) in [6.45, 7) is 8.12. The van der Waals surface area contributed by atoms with Crippen LogP contribution in [0.15, 0.2) is 65.6 Å². The number of imidazole rings is 1. The van der Waals surface area contributed by atoms with Crippen molar-refractivity contribution in [1.29, 1.82) is 0 Å². The average Bonchev–Trinajstić information content (AvgIpc) is 3.58. The monoisotopic (exact) mass is 542 g/mol. The minimum absolute atomic E-state index is 0.318. The summed E-state index contributed by atoms with van der Waals surface area (Å²) in [7, 11) is -1.21. The van der Waals surface area contributed by atoms with Crippen molar-refractivity contribution < 1.29 is 8.42 Å². The molecule has 0 amide bonds. The topological polar surface area (TPSA) is 58.4 Å². The largest absolute Gasteiger partial charge is 0.327 e. The van der Waals surface area contributed by atoms with Gasteiger partial charge in [-0.05, 0) is 117 Å². The second-order valence-electron chi connectivity index (χ2n) is 11.4. The third-order valence-electron chi connectivity index (χ3n) is 8.63. The first-order valence-electron chi connectivity index (χ1n) is 14.1. The molecule has 39 heavy (non-hydrogen) atoms. The van der Waals surface area contributed by atoms with Crippen molar-refractivity contribution in [3.8, 4) is 22.5 Å². The number of hydrogen-bond donors (Lipinski definition) is 0. The molecule has 6 nitrogen and oxygen atoms in total. The van der Waals surface area contributed by atoms with Crippen molar-refractivity contribution in [3.63, 3.8) is 0 Å². The maximum Gasteiger partial charge on any atom is 0.175 e. The minimum atomic E-state index is -3.23. The Morgan fingerprint density at radius 3 is 2.13 bits per heavy atom. The third-order valence-corrected chi connectivity index (χ3v) is 9.75. The molecule has 1 aromatic heterocycles. The van der Waals surface area contributed by atoms with Crippen LogP contribution in [0.2, 0.25) is 0 Å². The summed E-state index contributed by atoms with van der Waals surface area (Å²) in [4.78, 5) is 10.6. The van der Waals surface area contributed by atoms with Crippen LogP contribution in [0.4, 0.5) is 0 Å². The molecule has 0 saturated carbocycles. The number of benzene rings is 3. The molecule has 0 bridgehead atoms. The van der Waals surface area contributed by atoms with Crippen molar-refractivity contribution in [2.45, 2.75) is 50.1 Å². The molecule has 7 heteroatoms. The molecule has 0 N–H and O–H groups in total. The molecule has 4 aromatic rings. The van der Waals surface area contributed by atoms with E-state index in [-0.39, 0.29) is 0 Å². The molecule has 0 spiro atoms. The maximum absolute atomic E-state index is 11.9. The summed E-state index contributed by atoms with van der Waals surface area (Å²) in [5.41, 5.74) is 7.82. The predicted molar refractivity (Wildman–Crippen MR) is 159 cm³/mol. The zero-order chi connectivity index (χ0) is 27.1. The summed E-state index contributed by atoms with van der Waals surface area (Å²) < 4.78 is 25.8.